The van der Waals surface area contributed by atoms with Gasteiger partial charge in [0.2, 0.25) is 5.91 Å². The zero-order valence-electron chi connectivity index (χ0n) is 9.64. The van der Waals surface area contributed by atoms with Gasteiger partial charge < -0.3 is 9.64 Å². The predicted molar refractivity (Wildman–Crippen MR) is 59.9 cm³/mol. The van der Waals surface area contributed by atoms with Crippen LogP contribution in [-0.4, -0.2) is 35.5 Å². The molecule has 1 fully saturated rings. The lowest BCUT2D eigenvalue weighted by atomic mass is 10.2. The Morgan fingerprint density at radius 3 is 3.06 bits per heavy atom. The Labute approximate surface area is 95.2 Å². The first-order valence-electron chi connectivity index (χ1n) is 5.47. The monoisotopic (exact) mass is 220 g/mol. The maximum absolute atomic E-state index is 11.3. The summed E-state index contributed by atoms with van der Waals surface area (Å²) in [5.74, 6) is 0.0981. The summed E-state index contributed by atoms with van der Waals surface area (Å²) in [5.41, 5.74) is 1.88. The molecule has 16 heavy (non-hydrogen) atoms. The Hall–Kier alpha value is -1.42. The van der Waals surface area contributed by atoms with Gasteiger partial charge in [-0.3, -0.25) is 9.78 Å². The first-order chi connectivity index (χ1) is 7.66. The third-order valence-corrected chi connectivity index (χ3v) is 2.75. The molecule has 86 valence electrons. The number of carbonyl (C=O) groups excluding carboxylic acids is 1. The lowest BCUT2D eigenvalue weighted by Gasteiger charge is -2.32. The largest absolute Gasteiger partial charge is 0.368 e. The summed E-state index contributed by atoms with van der Waals surface area (Å²) in [5, 5.41) is 0. The molecule has 4 heteroatoms. The van der Waals surface area contributed by atoms with Gasteiger partial charge in [0, 0.05) is 19.2 Å². The molecule has 1 unspecified atom stereocenters. The van der Waals surface area contributed by atoms with Crippen molar-refractivity contribution in [1.29, 1.82) is 0 Å². The normalized spacial score (nSPS) is 20.9. The highest BCUT2D eigenvalue weighted by molar-refractivity contribution is 5.73. The topological polar surface area (TPSA) is 42.4 Å². The van der Waals surface area contributed by atoms with Crippen LogP contribution in [0.3, 0.4) is 0 Å². The molecule has 1 aliphatic rings. The summed E-state index contributed by atoms with van der Waals surface area (Å²) in [4.78, 5) is 17.5. The van der Waals surface area contributed by atoms with Crippen molar-refractivity contribution in [2.24, 2.45) is 0 Å². The van der Waals surface area contributed by atoms with Gasteiger partial charge in [0.15, 0.2) is 0 Å². The molecule has 1 aromatic heterocycles. The van der Waals surface area contributed by atoms with E-state index in [2.05, 4.69) is 4.98 Å². The fourth-order valence-electron chi connectivity index (χ4n) is 1.86. The SMILES string of the molecule is CC(=O)N1CCOC(c2cccc(C)n2)C1. The van der Waals surface area contributed by atoms with Crippen LogP contribution in [0.25, 0.3) is 0 Å². The number of ether oxygens (including phenoxy) is 1. The van der Waals surface area contributed by atoms with Gasteiger partial charge in [0.1, 0.15) is 6.10 Å². The molecule has 1 amide bonds. The summed E-state index contributed by atoms with van der Waals surface area (Å²) < 4.78 is 5.64. The molecule has 1 aromatic rings. The standard InChI is InChI=1S/C12H16N2O2/c1-9-4-3-5-11(13-9)12-8-14(10(2)15)6-7-16-12/h3-5,12H,6-8H2,1-2H3. The maximum atomic E-state index is 11.3. The number of nitrogens with zero attached hydrogens (tertiary/aromatic N) is 2. The van der Waals surface area contributed by atoms with Crippen LogP contribution in [0, 0.1) is 6.92 Å². The second-order valence-corrected chi connectivity index (χ2v) is 4.03. The molecule has 2 rings (SSSR count). The molecule has 0 aliphatic carbocycles. The molecular weight excluding hydrogens is 204 g/mol. The summed E-state index contributed by atoms with van der Waals surface area (Å²) in [6, 6.07) is 5.87. The first-order valence-corrected chi connectivity index (χ1v) is 5.47. The van der Waals surface area contributed by atoms with E-state index in [1.54, 1.807) is 11.8 Å². The van der Waals surface area contributed by atoms with Gasteiger partial charge in [-0.1, -0.05) is 6.07 Å². The van der Waals surface area contributed by atoms with Crippen LogP contribution < -0.4 is 0 Å². The molecule has 0 N–H and O–H groups in total. The number of hydrogen-bond acceptors (Lipinski definition) is 3. The second kappa shape index (κ2) is 4.61. The third kappa shape index (κ3) is 2.39. The van der Waals surface area contributed by atoms with Crippen LogP contribution in [0.1, 0.15) is 24.4 Å². The van der Waals surface area contributed by atoms with Gasteiger partial charge in [-0.05, 0) is 19.1 Å². The molecule has 0 aromatic carbocycles. The highest BCUT2D eigenvalue weighted by Crippen LogP contribution is 2.20. The van der Waals surface area contributed by atoms with Crippen molar-refractivity contribution in [2.75, 3.05) is 19.7 Å². The van der Waals surface area contributed by atoms with E-state index in [0.717, 1.165) is 11.4 Å². The minimum absolute atomic E-state index is 0.0856. The van der Waals surface area contributed by atoms with E-state index in [9.17, 15) is 4.79 Å². The van der Waals surface area contributed by atoms with Crippen LogP contribution in [0.5, 0.6) is 0 Å². The Balaban J connectivity index is 2.12. The molecule has 0 saturated carbocycles. The summed E-state index contributed by atoms with van der Waals surface area (Å²) in [6.07, 6.45) is -0.0856. The van der Waals surface area contributed by atoms with Crippen LogP contribution in [0.15, 0.2) is 18.2 Å². The Morgan fingerprint density at radius 1 is 1.56 bits per heavy atom. The van der Waals surface area contributed by atoms with Crippen molar-refractivity contribution in [3.05, 3.63) is 29.6 Å². The molecule has 1 saturated heterocycles. The van der Waals surface area contributed by atoms with Gasteiger partial charge in [-0.25, -0.2) is 0 Å². The summed E-state index contributed by atoms with van der Waals surface area (Å²) in [7, 11) is 0. The number of pyridine rings is 1. The summed E-state index contributed by atoms with van der Waals surface area (Å²) in [6.45, 7) is 5.41. The average molecular weight is 220 g/mol. The van der Waals surface area contributed by atoms with Crippen molar-refractivity contribution >= 4 is 5.91 Å². The lowest BCUT2D eigenvalue weighted by molar-refractivity contribution is -0.136. The highest BCUT2D eigenvalue weighted by Gasteiger charge is 2.24. The molecular formula is C12H16N2O2. The van der Waals surface area contributed by atoms with E-state index in [1.165, 1.54) is 0 Å². The second-order valence-electron chi connectivity index (χ2n) is 4.03. The first kappa shape index (κ1) is 11.1. The van der Waals surface area contributed by atoms with Crippen LogP contribution in [0.4, 0.5) is 0 Å². The minimum Gasteiger partial charge on any atom is -0.368 e. The molecule has 0 bridgehead atoms. The van der Waals surface area contributed by atoms with Gasteiger partial charge in [-0.2, -0.15) is 0 Å². The van der Waals surface area contributed by atoms with E-state index in [1.807, 2.05) is 25.1 Å². The zero-order chi connectivity index (χ0) is 11.5. The van der Waals surface area contributed by atoms with E-state index in [-0.39, 0.29) is 12.0 Å². The van der Waals surface area contributed by atoms with Gasteiger partial charge in [-0.15, -0.1) is 0 Å². The van der Waals surface area contributed by atoms with Crippen LogP contribution >= 0.6 is 0 Å². The van der Waals surface area contributed by atoms with E-state index in [4.69, 9.17) is 4.74 Å². The number of morpholine rings is 1. The Morgan fingerprint density at radius 2 is 2.38 bits per heavy atom. The van der Waals surface area contributed by atoms with Crippen molar-refractivity contribution in [1.82, 2.24) is 9.88 Å². The fourth-order valence-corrected chi connectivity index (χ4v) is 1.86. The number of hydrogen-bond donors (Lipinski definition) is 0. The molecule has 1 aliphatic heterocycles. The number of amides is 1. The molecule has 0 spiro atoms. The molecule has 1 atom stereocenters. The lowest BCUT2D eigenvalue weighted by Crippen LogP contribution is -2.41. The zero-order valence-corrected chi connectivity index (χ0v) is 9.64. The van der Waals surface area contributed by atoms with Gasteiger partial charge in [0.25, 0.3) is 0 Å². The van der Waals surface area contributed by atoms with Crippen molar-refractivity contribution < 1.29 is 9.53 Å². The molecule has 2 heterocycles. The van der Waals surface area contributed by atoms with E-state index in [0.29, 0.717) is 19.7 Å². The number of rotatable bonds is 1. The number of aryl methyl sites for hydroxylation is 1. The number of aromatic nitrogens is 1. The minimum atomic E-state index is -0.0856. The average Bonchev–Trinajstić information content (AvgIpc) is 2.29. The van der Waals surface area contributed by atoms with E-state index < -0.39 is 0 Å². The third-order valence-electron chi connectivity index (χ3n) is 2.75. The fraction of sp³-hybridized carbons (Fsp3) is 0.500. The number of carbonyl (C=O) groups is 1. The van der Waals surface area contributed by atoms with Crippen molar-refractivity contribution in [2.45, 2.75) is 20.0 Å². The highest BCUT2D eigenvalue weighted by atomic mass is 16.5. The quantitative estimate of drug-likeness (QED) is 0.716. The van der Waals surface area contributed by atoms with Crippen LogP contribution in [0.2, 0.25) is 0 Å². The van der Waals surface area contributed by atoms with Crippen LogP contribution in [-0.2, 0) is 9.53 Å². The summed E-state index contributed by atoms with van der Waals surface area (Å²) >= 11 is 0. The molecule has 0 radical (unpaired) electrons. The predicted octanol–water partition coefficient (Wildman–Crippen LogP) is 1.31. The van der Waals surface area contributed by atoms with Crippen molar-refractivity contribution in [3.8, 4) is 0 Å². The van der Waals surface area contributed by atoms with Gasteiger partial charge >= 0.3 is 0 Å². The van der Waals surface area contributed by atoms with E-state index >= 15 is 0 Å². The Kier molecular flexibility index (Phi) is 3.19. The smallest absolute Gasteiger partial charge is 0.219 e. The molecule has 4 nitrogen and oxygen atoms in total. The Bertz CT molecular complexity index is 392. The van der Waals surface area contributed by atoms with Crippen molar-refractivity contribution in [3.63, 3.8) is 0 Å². The maximum Gasteiger partial charge on any atom is 0.219 e. The van der Waals surface area contributed by atoms with Gasteiger partial charge in [0.05, 0.1) is 18.8 Å².